The van der Waals surface area contributed by atoms with E-state index in [0.29, 0.717) is 0 Å². The Morgan fingerprint density at radius 3 is 2.05 bits per heavy atom. The molecule has 0 aromatic heterocycles. The van der Waals surface area contributed by atoms with Crippen molar-refractivity contribution >= 4 is 5.91 Å². The molecule has 0 heterocycles. The predicted octanol–water partition coefficient (Wildman–Crippen LogP) is 1.81. The summed E-state index contributed by atoms with van der Waals surface area (Å²) >= 11 is 0. The number of carbonyl (C=O) groups excluding carboxylic acids is 1. The Balaban J connectivity index is 1.41. The highest BCUT2D eigenvalue weighted by molar-refractivity contribution is 5.93. The minimum absolute atomic E-state index is 0.0855. The van der Waals surface area contributed by atoms with E-state index in [0.717, 1.165) is 30.6 Å². The third-order valence-corrected chi connectivity index (χ3v) is 5.99. The van der Waals surface area contributed by atoms with E-state index in [1.807, 2.05) is 0 Å². The quantitative estimate of drug-likeness (QED) is 0.715. The van der Waals surface area contributed by atoms with Crippen LogP contribution in [0.4, 0.5) is 0 Å². The fourth-order valence-corrected chi connectivity index (χ4v) is 5.45. The summed E-state index contributed by atoms with van der Waals surface area (Å²) in [6, 6.07) is 0.541. The number of hydrogen-bond acceptors (Lipinski definition) is 2. The van der Waals surface area contributed by atoms with Crippen molar-refractivity contribution in [1.82, 2.24) is 5.32 Å². The van der Waals surface area contributed by atoms with Crippen LogP contribution < -0.4 is 11.1 Å². The van der Waals surface area contributed by atoms with Crippen LogP contribution in [-0.2, 0) is 4.79 Å². The molecule has 5 rings (SSSR count). The second kappa shape index (κ2) is 4.49. The fourth-order valence-electron chi connectivity index (χ4n) is 5.45. The third-order valence-electron chi connectivity index (χ3n) is 5.99. The highest BCUT2D eigenvalue weighted by Crippen LogP contribution is 2.59. The van der Waals surface area contributed by atoms with E-state index < -0.39 is 0 Å². The molecule has 0 aliphatic heterocycles. The van der Waals surface area contributed by atoms with Gasteiger partial charge in [-0.25, -0.2) is 0 Å². The maximum Gasteiger partial charge on any atom is 0.296 e. The molecule has 5 aliphatic carbocycles. The van der Waals surface area contributed by atoms with E-state index >= 15 is 0 Å². The number of carbonyl (C=O) groups is 1. The Hall–Kier alpha value is -1.01. The highest BCUT2D eigenvalue weighted by atomic mass is 16.1. The molecule has 5 fully saturated rings. The second-order valence-electron chi connectivity index (χ2n) is 7.85. The summed E-state index contributed by atoms with van der Waals surface area (Å²) in [5.41, 5.74) is 5.92. The molecule has 0 atom stereocenters. The van der Waals surface area contributed by atoms with Gasteiger partial charge in [-0.3, -0.25) is 4.79 Å². The van der Waals surface area contributed by atoms with Crippen LogP contribution in [0, 0.1) is 35.0 Å². The zero-order valence-corrected chi connectivity index (χ0v) is 12.0. The van der Waals surface area contributed by atoms with Crippen LogP contribution in [-0.4, -0.2) is 18.0 Å². The van der Waals surface area contributed by atoms with Crippen LogP contribution in [0.1, 0.15) is 51.4 Å². The molecular formula is C17H24N2O. The van der Waals surface area contributed by atoms with E-state index in [9.17, 15) is 4.79 Å². The largest absolute Gasteiger partial charge is 0.342 e. The van der Waals surface area contributed by atoms with Crippen molar-refractivity contribution in [2.45, 2.75) is 63.5 Å². The summed E-state index contributed by atoms with van der Waals surface area (Å²) in [7, 11) is 0. The molecule has 1 amide bonds. The molecule has 20 heavy (non-hydrogen) atoms. The van der Waals surface area contributed by atoms with Crippen LogP contribution >= 0.6 is 0 Å². The third kappa shape index (κ3) is 2.24. The first-order valence-corrected chi connectivity index (χ1v) is 8.19. The molecule has 0 saturated heterocycles. The van der Waals surface area contributed by atoms with Gasteiger partial charge >= 0.3 is 0 Å². The molecule has 4 bridgehead atoms. The van der Waals surface area contributed by atoms with Gasteiger partial charge in [-0.05, 0) is 75.0 Å². The first-order chi connectivity index (χ1) is 9.60. The summed E-state index contributed by atoms with van der Waals surface area (Å²) < 4.78 is 0. The molecule has 5 saturated carbocycles. The molecule has 108 valence electrons. The Labute approximate surface area is 121 Å². The van der Waals surface area contributed by atoms with Crippen molar-refractivity contribution in [3.05, 3.63) is 0 Å². The Morgan fingerprint density at radius 1 is 1.00 bits per heavy atom. The lowest BCUT2D eigenvalue weighted by Gasteiger charge is -2.54. The van der Waals surface area contributed by atoms with Gasteiger partial charge in [0.1, 0.15) is 0 Å². The summed E-state index contributed by atoms with van der Waals surface area (Å²) in [4.78, 5) is 11.9. The standard InChI is InChI=1S/C17H24N2O/c18-14-6-15(7-14)19-16(20)1-2-17-8-11-3-12(9-17)5-13(4-11)10-17/h11-15H,3-10,18H2,(H,19,20). The lowest BCUT2D eigenvalue weighted by atomic mass is 9.50. The molecule has 5 aliphatic rings. The summed E-state index contributed by atoms with van der Waals surface area (Å²) in [6.07, 6.45) is 9.82. The summed E-state index contributed by atoms with van der Waals surface area (Å²) in [6.45, 7) is 0. The molecule has 0 aromatic rings. The molecule has 0 aromatic carbocycles. The number of amides is 1. The zero-order valence-electron chi connectivity index (χ0n) is 12.0. The topological polar surface area (TPSA) is 55.1 Å². The molecular weight excluding hydrogens is 248 g/mol. The number of nitrogens with two attached hydrogens (primary N) is 1. The van der Waals surface area contributed by atoms with Crippen molar-refractivity contribution in [1.29, 1.82) is 0 Å². The maximum absolute atomic E-state index is 11.9. The lowest BCUT2D eigenvalue weighted by molar-refractivity contribution is -0.117. The van der Waals surface area contributed by atoms with Crippen LogP contribution in [0.5, 0.6) is 0 Å². The summed E-state index contributed by atoms with van der Waals surface area (Å²) in [5.74, 6) is 8.90. The molecule has 0 spiro atoms. The smallest absolute Gasteiger partial charge is 0.296 e. The minimum atomic E-state index is -0.0855. The van der Waals surface area contributed by atoms with Crippen molar-refractivity contribution in [2.75, 3.05) is 0 Å². The predicted molar refractivity (Wildman–Crippen MR) is 77.5 cm³/mol. The van der Waals surface area contributed by atoms with Gasteiger partial charge < -0.3 is 11.1 Å². The Bertz CT molecular complexity index is 446. The average Bonchev–Trinajstić information content (AvgIpc) is 2.33. The van der Waals surface area contributed by atoms with Gasteiger partial charge in [-0.1, -0.05) is 5.92 Å². The fraction of sp³-hybridized carbons (Fsp3) is 0.824. The molecule has 0 radical (unpaired) electrons. The SMILES string of the molecule is NC1CC(NC(=O)C#CC23CC4CC(CC(C4)C2)C3)C1. The van der Waals surface area contributed by atoms with Crippen LogP contribution in [0.25, 0.3) is 0 Å². The zero-order chi connectivity index (χ0) is 13.7. The number of hydrogen-bond donors (Lipinski definition) is 2. The highest BCUT2D eigenvalue weighted by Gasteiger charge is 2.50. The van der Waals surface area contributed by atoms with Crippen LogP contribution in [0.15, 0.2) is 0 Å². The van der Waals surface area contributed by atoms with Crippen molar-refractivity contribution in [3.63, 3.8) is 0 Å². The molecule has 3 nitrogen and oxygen atoms in total. The molecule has 0 unspecified atom stereocenters. The van der Waals surface area contributed by atoms with Gasteiger partial charge in [-0.2, -0.15) is 0 Å². The van der Waals surface area contributed by atoms with Crippen molar-refractivity contribution in [2.24, 2.45) is 28.9 Å². The second-order valence-corrected chi connectivity index (χ2v) is 7.85. The normalized spacial score (nSPS) is 48.1. The number of nitrogens with one attached hydrogen (secondary N) is 1. The molecule has 3 N–H and O–H groups in total. The van der Waals surface area contributed by atoms with Crippen LogP contribution in [0.3, 0.4) is 0 Å². The first-order valence-electron chi connectivity index (χ1n) is 8.19. The van der Waals surface area contributed by atoms with E-state index in [-0.39, 0.29) is 23.4 Å². The van der Waals surface area contributed by atoms with E-state index in [1.165, 1.54) is 38.5 Å². The van der Waals surface area contributed by atoms with E-state index in [4.69, 9.17) is 5.73 Å². The van der Waals surface area contributed by atoms with Crippen LogP contribution in [0.2, 0.25) is 0 Å². The monoisotopic (exact) mass is 272 g/mol. The lowest BCUT2D eigenvalue weighted by Crippen LogP contribution is -2.50. The summed E-state index contributed by atoms with van der Waals surface area (Å²) in [5, 5.41) is 2.99. The van der Waals surface area contributed by atoms with E-state index in [2.05, 4.69) is 17.2 Å². The van der Waals surface area contributed by atoms with Gasteiger partial charge in [0, 0.05) is 17.5 Å². The van der Waals surface area contributed by atoms with Gasteiger partial charge in [0.25, 0.3) is 5.91 Å². The molecule has 3 heteroatoms. The van der Waals surface area contributed by atoms with E-state index in [1.54, 1.807) is 0 Å². The Kier molecular flexibility index (Phi) is 2.86. The van der Waals surface area contributed by atoms with Gasteiger partial charge in [0.2, 0.25) is 0 Å². The van der Waals surface area contributed by atoms with Gasteiger partial charge in [-0.15, -0.1) is 0 Å². The van der Waals surface area contributed by atoms with Gasteiger partial charge in [0.05, 0.1) is 0 Å². The maximum atomic E-state index is 11.9. The van der Waals surface area contributed by atoms with Gasteiger partial charge in [0.15, 0.2) is 0 Å². The Morgan fingerprint density at radius 2 is 1.55 bits per heavy atom. The average molecular weight is 272 g/mol. The van der Waals surface area contributed by atoms with Crippen molar-refractivity contribution < 1.29 is 4.79 Å². The van der Waals surface area contributed by atoms with Crippen molar-refractivity contribution in [3.8, 4) is 11.8 Å². The first kappa shape index (κ1) is 12.7. The minimum Gasteiger partial charge on any atom is -0.342 e. The number of rotatable bonds is 1.